The summed E-state index contributed by atoms with van der Waals surface area (Å²) in [7, 11) is 0. The summed E-state index contributed by atoms with van der Waals surface area (Å²) in [4.78, 5) is 0. The number of thioether (sulfide) groups is 1. The predicted molar refractivity (Wildman–Crippen MR) is 87.5 cm³/mol. The smallest absolute Gasteiger partial charge is 0.137 e. The largest absolute Gasteiger partial charge is 0.459 e. The van der Waals surface area contributed by atoms with Crippen LogP contribution in [0.15, 0.2) is 28.7 Å². The second kappa shape index (κ2) is 5.45. The first-order valence-corrected chi connectivity index (χ1v) is 8.49. The second-order valence-corrected chi connectivity index (χ2v) is 7.53. The molecule has 20 heavy (non-hydrogen) atoms. The lowest BCUT2D eigenvalue weighted by molar-refractivity contribution is 0.360. The average Bonchev–Trinajstić information content (AvgIpc) is 3.04. The summed E-state index contributed by atoms with van der Waals surface area (Å²) in [5.41, 5.74) is 2.25. The summed E-state index contributed by atoms with van der Waals surface area (Å²) >= 11 is 2.08. The number of para-hydroxylation sites is 1. The van der Waals surface area contributed by atoms with Crippen molar-refractivity contribution in [2.24, 2.45) is 0 Å². The summed E-state index contributed by atoms with van der Waals surface area (Å²) in [5.74, 6) is 2.35. The topological polar surface area (TPSA) is 25.2 Å². The van der Waals surface area contributed by atoms with E-state index in [0.717, 1.165) is 17.9 Å². The van der Waals surface area contributed by atoms with Gasteiger partial charge in [-0.3, -0.25) is 0 Å². The van der Waals surface area contributed by atoms with Gasteiger partial charge in [0.2, 0.25) is 0 Å². The third-order valence-corrected chi connectivity index (χ3v) is 5.90. The maximum absolute atomic E-state index is 6.22. The van der Waals surface area contributed by atoms with Gasteiger partial charge < -0.3 is 9.73 Å². The van der Waals surface area contributed by atoms with Crippen molar-refractivity contribution < 1.29 is 4.42 Å². The van der Waals surface area contributed by atoms with E-state index in [1.807, 2.05) is 0 Å². The van der Waals surface area contributed by atoms with Gasteiger partial charge in [0.05, 0.1) is 6.04 Å². The van der Waals surface area contributed by atoms with Gasteiger partial charge >= 0.3 is 0 Å². The zero-order valence-corrected chi connectivity index (χ0v) is 13.3. The second-order valence-electron chi connectivity index (χ2n) is 5.90. The Morgan fingerprint density at radius 2 is 2.30 bits per heavy atom. The highest BCUT2D eigenvalue weighted by Crippen LogP contribution is 2.47. The first-order chi connectivity index (χ1) is 9.64. The van der Waals surface area contributed by atoms with Gasteiger partial charge in [-0.2, -0.15) is 11.8 Å². The lowest BCUT2D eigenvalue weighted by atomic mass is 9.94. The number of aryl methyl sites for hydroxylation is 1. The molecular weight excluding hydrogens is 266 g/mol. The Hall–Kier alpha value is -0.930. The monoisotopic (exact) mass is 289 g/mol. The standard InChI is InChI=1S/C17H23NOS/c1-4-18-16(17(3)9-6-10-20-17)14-11-13-8-5-7-12(2)15(13)19-14/h5,7-8,11,16,18H,4,6,9-10H2,1-3H3. The highest BCUT2D eigenvalue weighted by atomic mass is 32.2. The maximum atomic E-state index is 6.22. The molecule has 1 N–H and O–H groups in total. The summed E-state index contributed by atoms with van der Waals surface area (Å²) in [6.07, 6.45) is 2.56. The van der Waals surface area contributed by atoms with Crippen LogP contribution in [0.1, 0.15) is 44.1 Å². The van der Waals surface area contributed by atoms with E-state index in [1.165, 1.54) is 29.5 Å². The van der Waals surface area contributed by atoms with Crippen LogP contribution in [-0.4, -0.2) is 17.0 Å². The summed E-state index contributed by atoms with van der Waals surface area (Å²) < 4.78 is 6.46. The van der Waals surface area contributed by atoms with Gasteiger partial charge in [0.1, 0.15) is 11.3 Å². The van der Waals surface area contributed by atoms with Crippen molar-refractivity contribution in [2.75, 3.05) is 12.3 Å². The minimum absolute atomic E-state index is 0.248. The molecular formula is C17H23NOS. The van der Waals surface area contributed by atoms with Gasteiger partial charge in [-0.1, -0.05) is 25.1 Å². The van der Waals surface area contributed by atoms with Crippen LogP contribution in [0.5, 0.6) is 0 Å². The van der Waals surface area contributed by atoms with Gasteiger partial charge in [0.25, 0.3) is 0 Å². The molecule has 1 fully saturated rings. The van der Waals surface area contributed by atoms with Crippen LogP contribution in [0, 0.1) is 6.92 Å². The van der Waals surface area contributed by atoms with Gasteiger partial charge in [0, 0.05) is 10.1 Å². The number of hydrogen-bond acceptors (Lipinski definition) is 3. The van der Waals surface area contributed by atoms with Crippen LogP contribution in [0.4, 0.5) is 0 Å². The van der Waals surface area contributed by atoms with Crippen LogP contribution in [0.25, 0.3) is 11.0 Å². The highest BCUT2D eigenvalue weighted by Gasteiger charge is 2.40. The SMILES string of the molecule is CCNC(c1cc2cccc(C)c2o1)C1(C)CCCS1. The van der Waals surface area contributed by atoms with Crippen molar-refractivity contribution in [1.29, 1.82) is 0 Å². The third kappa shape index (κ3) is 2.38. The Morgan fingerprint density at radius 3 is 2.95 bits per heavy atom. The van der Waals surface area contributed by atoms with E-state index in [1.54, 1.807) is 0 Å². The first-order valence-electron chi connectivity index (χ1n) is 7.50. The molecule has 0 aliphatic carbocycles. The molecule has 0 spiro atoms. The number of benzene rings is 1. The highest BCUT2D eigenvalue weighted by molar-refractivity contribution is 8.00. The fourth-order valence-electron chi connectivity index (χ4n) is 3.22. The molecule has 1 saturated heterocycles. The van der Waals surface area contributed by atoms with Gasteiger partial charge in [0.15, 0.2) is 0 Å². The predicted octanol–water partition coefficient (Wildman–Crippen LogP) is 4.68. The lowest BCUT2D eigenvalue weighted by Gasteiger charge is -2.32. The molecule has 3 rings (SSSR count). The van der Waals surface area contributed by atoms with Gasteiger partial charge in [-0.05, 0) is 50.6 Å². The van der Waals surface area contributed by atoms with E-state index in [4.69, 9.17) is 4.42 Å². The molecule has 2 unspecified atom stereocenters. The molecule has 2 aromatic rings. The minimum atomic E-state index is 0.248. The number of fused-ring (bicyclic) bond motifs is 1. The Morgan fingerprint density at radius 1 is 1.45 bits per heavy atom. The molecule has 3 heteroatoms. The van der Waals surface area contributed by atoms with Crippen LogP contribution in [-0.2, 0) is 0 Å². The summed E-state index contributed by atoms with van der Waals surface area (Å²) in [6, 6.07) is 8.88. The van der Waals surface area contributed by atoms with Gasteiger partial charge in [-0.25, -0.2) is 0 Å². The van der Waals surface area contributed by atoms with E-state index in [2.05, 4.69) is 62.1 Å². The Balaban J connectivity index is 2.03. The van der Waals surface area contributed by atoms with Crippen molar-refractivity contribution in [2.45, 2.75) is 44.4 Å². The number of hydrogen-bond donors (Lipinski definition) is 1. The molecule has 0 saturated carbocycles. The molecule has 108 valence electrons. The Labute approximate surface area is 125 Å². The molecule has 1 aromatic heterocycles. The van der Waals surface area contributed by atoms with Crippen molar-refractivity contribution in [3.63, 3.8) is 0 Å². The minimum Gasteiger partial charge on any atom is -0.459 e. The molecule has 0 amide bonds. The number of furan rings is 1. The Kier molecular flexibility index (Phi) is 3.83. The summed E-state index contributed by atoms with van der Waals surface area (Å²) in [5, 5.41) is 4.86. The van der Waals surface area contributed by atoms with E-state index in [9.17, 15) is 0 Å². The normalized spacial score (nSPS) is 24.4. The van der Waals surface area contributed by atoms with Crippen LogP contribution in [0.3, 0.4) is 0 Å². The molecule has 2 nitrogen and oxygen atoms in total. The van der Waals surface area contributed by atoms with E-state index in [0.29, 0.717) is 6.04 Å². The Bertz CT molecular complexity index is 598. The number of nitrogens with one attached hydrogen (secondary N) is 1. The third-order valence-electron chi connectivity index (χ3n) is 4.31. The van der Waals surface area contributed by atoms with Crippen molar-refractivity contribution >= 4 is 22.7 Å². The maximum Gasteiger partial charge on any atom is 0.137 e. The van der Waals surface area contributed by atoms with Gasteiger partial charge in [-0.15, -0.1) is 0 Å². The summed E-state index contributed by atoms with van der Waals surface area (Å²) in [6.45, 7) is 7.63. The molecule has 0 bridgehead atoms. The van der Waals surface area contributed by atoms with Crippen molar-refractivity contribution in [3.8, 4) is 0 Å². The van der Waals surface area contributed by atoms with Crippen LogP contribution >= 0.6 is 11.8 Å². The zero-order chi connectivity index (χ0) is 14.2. The molecule has 1 aliphatic rings. The van der Waals surface area contributed by atoms with Crippen molar-refractivity contribution in [1.82, 2.24) is 5.32 Å². The fourth-order valence-corrected chi connectivity index (χ4v) is 4.63. The van der Waals surface area contributed by atoms with E-state index in [-0.39, 0.29) is 4.75 Å². The molecule has 1 aliphatic heterocycles. The van der Waals surface area contributed by atoms with E-state index < -0.39 is 0 Å². The quantitative estimate of drug-likeness (QED) is 0.885. The molecule has 2 atom stereocenters. The fraction of sp³-hybridized carbons (Fsp3) is 0.529. The average molecular weight is 289 g/mol. The first kappa shape index (κ1) is 14.0. The van der Waals surface area contributed by atoms with E-state index >= 15 is 0 Å². The lowest BCUT2D eigenvalue weighted by Crippen LogP contribution is -2.37. The van der Waals surface area contributed by atoms with Crippen molar-refractivity contribution in [3.05, 3.63) is 35.6 Å². The number of rotatable bonds is 4. The zero-order valence-electron chi connectivity index (χ0n) is 12.5. The molecule has 2 heterocycles. The molecule has 0 radical (unpaired) electrons. The van der Waals surface area contributed by atoms with Crippen LogP contribution in [0.2, 0.25) is 0 Å². The van der Waals surface area contributed by atoms with Crippen LogP contribution < -0.4 is 5.32 Å². The molecule has 1 aromatic carbocycles.